The van der Waals surface area contributed by atoms with Gasteiger partial charge < -0.3 is 23.4 Å². The molecule has 45 heavy (non-hydrogen) atoms. The molecule has 1 aliphatic heterocycles. The molecule has 2 heterocycles. The molecule has 1 aliphatic rings. The highest BCUT2D eigenvalue weighted by molar-refractivity contribution is 7.91. The van der Waals surface area contributed by atoms with Gasteiger partial charge in [0.1, 0.15) is 24.4 Å². The molecule has 4 aromatic rings. The highest BCUT2D eigenvalue weighted by Gasteiger charge is 2.54. The molecule has 0 spiro atoms. The van der Waals surface area contributed by atoms with E-state index in [-0.39, 0.29) is 24.8 Å². The Morgan fingerprint density at radius 3 is 1.69 bits per heavy atom. The van der Waals surface area contributed by atoms with Crippen LogP contribution in [0.3, 0.4) is 0 Å². The Balaban J connectivity index is 1.53. The fraction of sp³-hybridized carbons (Fsp3) is 0.343. The average molecular weight is 648 g/mol. The van der Waals surface area contributed by atoms with Crippen LogP contribution in [0.2, 0.25) is 19.6 Å². The van der Waals surface area contributed by atoms with Crippen LogP contribution in [-0.4, -0.2) is 58.2 Å². The van der Waals surface area contributed by atoms with Crippen LogP contribution in [0, 0.1) is 0 Å². The van der Waals surface area contributed by atoms with Gasteiger partial charge in [-0.1, -0.05) is 97.1 Å². The van der Waals surface area contributed by atoms with Crippen molar-refractivity contribution in [1.29, 1.82) is 0 Å². The third-order valence-corrected chi connectivity index (χ3v) is 10.1. The number of sulfone groups is 1. The first-order valence-electron chi connectivity index (χ1n) is 15.1. The van der Waals surface area contributed by atoms with Gasteiger partial charge in [-0.2, -0.15) is 0 Å². The minimum Gasteiger partial charge on any atom is -0.408 e. The molecule has 3 aromatic carbocycles. The Morgan fingerprint density at radius 2 is 1.18 bits per heavy atom. The van der Waals surface area contributed by atoms with Crippen LogP contribution in [0.1, 0.15) is 16.7 Å². The maximum atomic E-state index is 14.2. The van der Waals surface area contributed by atoms with Crippen molar-refractivity contribution in [1.82, 2.24) is 4.98 Å². The lowest BCUT2D eigenvalue weighted by Crippen LogP contribution is -2.64. The third kappa shape index (κ3) is 9.17. The molecule has 1 saturated heterocycles. The van der Waals surface area contributed by atoms with E-state index in [9.17, 15) is 8.42 Å². The summed E-state index contributed by atoms with van der Waals surface area (Å²) in [6.45, 7) is 6.95. The molecule has 8 nitrogen and oxygen atoms in total. The molecule has 5 rings (SSSR count). The standard InChI is InChI=1S/C35H41NO7SSi/c1-45(2,3)43-34-33(41-25-29-19-11-6-12-20-29)32(40-24-28-17-9-5-10-18-28)30(26-39-23-27-15-7-4-8-16-27)42-35(34)44(37,38)31-21-13-14-22-36-31/h4-22,30,32-35H,23-26H2,1-3H3/t30-,32-,33+,34-,35+/m1/s1. The smallest absolute Gasteiger partial charge is 0.225 e. The van der Waals surface area contributed by atoms with E-state index >= 15 is 0 Å². The summed E-state index contributed by atoms with van der Waals surface area (Å²) in [6, 6.07) is 34.2. The molecule has 0 unspecified atom stereocenters. The molecule has 1 fully saturated rings. The molecule has 1 aromatic heterocycles. The zero-order chi connectivity index (χ0) is 31.7. The fourth-order valence-electron chi connectivity index (χ4n) is 5.22. The third-order valence-electron chi connectivity index (χ3n) is 7.28. The van der Waals surface area contributed by atoms with Gasteiger partial charge in [-0.05, 0) is 48.5 Å². The maximum absolute atomic E-state index is 14.2. The molecule has 0 saturated carbocycles. The molecule has 238 valence electrons. The molecule has 10 heteroatoms. The predicted molar refractivity (Wildman–Crippen MR) is 174 cm³/mol. The monoisotopic (exact) mass is 647 g/mol. The first-order valence-corrected chi connectivity index (χ1v) is 20.1. The summed E-state index contributed by atoms with van der Waals surface area (Å²) in [6.07, 6.45) is -1.83. The van der Waals surface area contributed by atoms with Gasteiger partial charge in [0.2, 0.25) is 9.84 Å². The van der Waals surface area contributed by atoms with Gasteiger partial charge in [0, 0.05) is 6.20 Å². The number of benzene rings is 3. The molecule has 0 N–H and O–H groups in total. The molecular weight excluding hydrogens is 607 g/mol. The van der Waals surface area contributed by atoms with Gasteiger partial charge in [-0.3, -0.25) is 0 Å². The van der Waals surface area contributed by atoms with Crippen molar-refractivity contribution in [2.24, 2.45) is 0 Å². The van der Waals surface area contributed by atoms with Crippen LogP contribution in [0.15, 0.2) is 120 Å². The van der Waals surface area contributed by atoms with Gasteiger partial charge >= 0.3 is 0 Å². The Hall–Kier alpha value is -3.22. The second kappa shape index (κ2) is 15.4. The van der Waals surface area contributed by atoms with Crippen molar-refractivity contribution in [3.05, 3.63) is 132 Å². The summed E-state index contributed by atoms with van der Waals surface area (Å²) in [5.74, 6) is 0. The molecule has 0 aliphatic carbocycles. The van der Waals surface area contributed by atoms with Gasteiger partial charge in [0.15, 0.2) is 18.8 Å². The van der Waals surface area contributed by atoms with E-state index in [0.29, 0.717) is 6.61 Å². The van der Waals surface area contributed by atoms with Gasteiger partial charge in [0.05, 0.1) is 26.4 Å². The van der Waals surface area contributed by atoms with Crippen molar-refractivity contribution < 1.29 is 31.8 Å². The topological polar surface area (TPSA) is 93.2 Å². The maximum Gasteiger partial charge on any atom is 0.225 e. The summed E-state index contributed by atoms with van der Waals surface area (Å²) in [5, 5.41) is -0.0893. The second-order valence-corrected chi connectivity index (χ2v) is 18.4. The number of hydrogen-bond acceptors (Lipinski definition) is 8. The summed E-state index contributed by atoms with van der Waals surface area (Å²) in [7, 11) is -6.48. The summed E-state index contributed by atoms with van der Waals surface area (Å²) in [4.78, 5) is 4.18. The lowest BCUT2D eigenvalue weighted by atomic mass is 9.99. The number of ether oxygens (including phenoxy) is 4. The van der Waals surface area contributed by atoms with Gasteiger partial charge in [0.25, 0.3) is 0 Å². The minimum absolute atomic E-state index is 0.0768. The van der Waals surface area contributed by atoms with Crippen LogP contribution >= 0.6 is 0 Å². The second-order valence-electron chi connectivity index (χ2n) is 12.0. The van der Waals surface area contributed by atoms with E-state index < -0.39 is 48.0 Å². The summed E-state index contributed by atoms with van der Waals surface area (Å²) in [5.41, 5.74) is 1.50. The van der Waals surface area contributed by atoms with E-state index in [2.05, 4.69) is 4.98 Å². The van der Waals surface area contributed by atoms with Crippen molar-refractivity contribution >= 4 is 18.2 Å². The molecular formula is C35H41NO7SSi. The van der Waals surface area contributed by atoms with Crippen molar-refractivity contribution in [2.75, 3.05) is 6.61 Å². The van der Waals surface area contributed by atoms with E-state index in [4.69, 9.17) is 23.4 Å². The van der Waals surface area contributed by atoms with E-state index in [1.165, 1.54) is 12.3 Å². The zero-order valence-electron chi connectivity index (χ0n) is 25.9. The predicted octanol–water partition coefficient (Wildman–Crippen LogP) is 6.19. The molecule has 0 radical (unpaired) electrons. The Kier molecular flexibility index (Phi) is 11.3. The lowest BCUT2D eigenvalue weighted by Gasteiger charge is -2.47. The van der Waals surface area contributed by atoms with E-state index in [1.807, 2.05) is 111 Å². The van der Waals surface area contributed by atoms with Crippen LogP contribution in [0.25, 0.3) is 0 Å². The van der Waals surface area contributed by atoms with Gasteiger partial charge in [-0.15, -0.1) is 0 Å². The summed E-state index contributed by atoms with van der Waals surface area (Å²) >= 11 is 0. The van der Waals surface area contributed by atoms with Crippen LogP contribution in [0.5, 0.6) is 0 Å². The molecule has 0 amide bonds. The van der Waals surface area contributed by atoms with E-state index in [0.717, 1.165) is 16.7 Å². The highest BCUT2D eigenvalue weighted by atomic mass is 32.2. The normalized spacial score (nSPS) is 22.2. The number of aromatic nitrogens is 1. The quantitative estimate of drug-likeness (QED) is 0.150. The number of hydrogen-bond donors (Lipinski definition) is 0. The molecule has 0 bridgehead atoms. The van der Waals surface area contributed by atoms with Crippen molar-refractivity contribution in [3.8, 4) is 0 Å². The van der Waals surface area contributed by atoms with E-state index in [1.54, 1.807) is 12.1 Å². The molecule has 5 atom stereocenters. The fourth-order valence-corrected chi connectivity index (χ4v) is 7.96. The lowest BCUT2D eigenvalue weighted by molar-refractivity contribution is -0.240. The SMILES string of the molecule is C[Si](C)(C)O[C@@H]1[C@@H](OCc2ccccc2)[C@H](OCc2ccccc2)[C@@H](COCc2ccccc2)O[C@H]1S(=O)(=O)c1ccccn1. The number of nitrogens with zero attached hydrogens (tertiary/aromatic N) is 1. The highest BCUT2D eigenvalue weighted by Crippen LogP contribution is 2.36. The largest absolute Gasteiger partial charge is 0.408 e. The number of pyridine rings is 1. The Bertz CT molecular complexity index is 1560. The Labute approximate surface area is 267 Å². The first-order chi connectivity index (χ1) is 21.7. The van der Waals surface area contributed by atoms with Crippen LogP contribution in [0.4, 0.5) is 0 Å². The van der Waals surface area contributed by atoms with Crippen molar-refractivity contribution in [3.63, 3.8) is 0 Å². The first kappa shape index (κ1) is 33.1. The Morgan fingerprint density at radius 1 is 0.667 bits per heavy atom. The zero-order valence-corrected chi connectivity index (χ0v) is 27.7. The summed E-state index contributed by atoms with van der Waals surface area (Å²) < 4.78 is 61.1. The van der Waals surface area contributed by atoms with Crippen molar-refractivity contribution in [2.45, 2.75) is 74.3 Å². The van der Waals surface area contributed by atoms with Crippen LogP contribution < -0.4 is 0 Å². The van der Waals surface area contributed by atoms with Gasteiger partial charge in [-0.25, -0.2) is 13.4 Å². The average Bonchev–Trinajstić information content (AvgIpc) is 3.05. The van der Waals surface area contributed by atoms with Crippen LogP contribution in [-0.2, 0) is 53.0 Å². The minimum atomic E-state index is -4.13. The number of rotatable bonds is 14.